The van der Waals surface area contributed by atoms with Crippen molar-refractivity contribution in [3.05, 3.63) is 34.9 Å². The molecule has 0 aliphatic carbocycles. The number of fused-ring (bicyclic) bond motifs is 1. The van der Waals surface area contributed by atoms with Gasteiger partial charge in [-0.05, 0) is 45.7 Å². The second kappa shape index (κ2) is 6.07. The summed E-state index contributed by atoms with van der Waals surface area (Å²) in [6.07, 6.45) is 2.72. The largest absolute Gasteiger partial charge is 0.329 e. The number of aryl methyl sites for hydroxylation is 2. The van der Waals surface area contributed by atoms with Gasteiger partial charge in [0.1, 0.15) is 0 Å². The van der Waals surface area contributed by atoms with E-state index in [0.29, 0.717) is 18.6 Å². The second-order valence-electron chi connectivity index (χ2n) is 7.01. The van der Waals surface area contributed by atoms with Gasteiger partial charge in [0.05, 0.1) is 0 Å². The number of nitrogens with zero attached hydrogens (tertiary/aromatic N) is 2. The monoisotopic (exact) mass is 287 g/mol. The van der Waals surface area contributed by atoms with Crippen LogP contribution in [0.3, 0.4) is 0 Å². The molecule has 1 aromatic rings. The van der Waals surface area contributed by atoms with E-state index in [-0.39, 0.29) is 0 Å². The van der Waals surface area contributed by atoms with Crippen molar-refractivity contribution in [2.45, 2.75) is 51.7 Å². The molecule has 3 nitrogen and oxygen atoms in total. The lowest BCUT2D eigenvalue weighted by atomic mass is 9.96. The molecule has 2 aliphatic rings. The Hall–Kier alpha value is -0.900. The van der Waals surface area contributed by atoms with Gasteiger partial charge in [-0.2, -0.15) is 0 Å². The Balaban J connectivity index is 1.84. The molecule has 0 spiro atoms. The zero-order valence-electron chi connectivity index (χ0n) is 13.7. The van der Waals surface area contributed by atoms with E-state index in [9.17, 15) is 0 Å². The van der Waals surface area contributed by atoms with Crippen molar-refractivity contribution in [1.82, 2.24) is 9.80 Å². The molecule has 2 fully saturated rings. The molecule has 0 bridgehead atoms. The molecule has 0 saturated carbocycles. The van der Waals surface area contributed by atoms with Crippen LogP contribution < -0.4 is 5.73 Å². The molecule has 0 amide bonds. The van der Waals surface area contributed by atoms with Crippen molar-refractivity contribution in [2.24, 2.45) is 5.73 Å². The van der Waals surface area contributed by atoms with E-state index in [1.165, 1.54) is 49.2 Å². The van der Waals surface area contributed by atoms with Gasteiger partial charge in [-0.1, -0.05) is 29.3 Å². The zero-order chi connectivity index (χ0) is 15.0. The normalized spacial score (nSPS) is 28.6. The maximum Gasteiger partial charge on any atom is 0.0474 e. The highest BCUT2D eigenvalue weighted by atomic mass is 15.3. The molecule has 3 rings (SSSR count). The van der Waals surface area contributed by atoms with Crippen LogP contribution in [0.4, 0.5) is 0 Å². The lowest BCUT2D eigenvalue weighted by Gasteiger charge is -2.46. The van der Waals surface area contributed by atoms with Crippen molar-refractivity contribution in [1.29, 1.82) is 0 Å². The molecule has 2 aliphatic heterocycles. The van der Waals surface area contributed by atoms with Gasteiger partial charge in [0.2, 0.25) is 0 Å². The van der Waals surface area contributed by atoms with Crippen LogP contribution in [-0.4, -0.2) is 48.1 Å². The smallest absolute Gasteiger partial charge is 0.0474 e. The minimum Gasteiger partial charge on any atom is -0.329 e. The predicted octanol–water partition coefficient (Wildman–Crippen LogP) is 2.47. The Morgan fingerprint density at radius 1 is 1.19 bits per heavy atom. The van der Waals surface area contributed by atoms with Crippen LogP contribution in [0.15, 0.2) is 18.2 Å². The molecule has 2 saturated heterocycles. The number of rotatable bonds is 3. The summed E-state index contributed by atoms with van der Waals surface area (Å²) in [6.45, 7) is 11.1. The van der Waals surface area contributed by atoms with Crippen LogP contribution in [0.1, 0.15) is 42.5 Å². The fourth-order valence-corrected chi connectivity index (χ4v) is 4.31. The lowest BCUT2D eigenvalue weighted by Crippen LogP contribution is -2.56. The molecule has 2 heterocycles. The van der Waals surface area contributed by atoms with Gasteiger partial charge < -0.3 is 5.73 Å². The second-order valence-corrected chi connectivity index (χ2v) is 7.01. The molecule has 116 valence electrons. The first-order valence-corrected chi connectivity index (χ1v) is 8.36. The average molecular weight is 287 g/mol. The van der Waals surface area contributed by atoms with Crippen LogP contribution in [0, 0.1) is 13.8 Å². The van der Waals surface area contributed by atoms with E-state index < -0.39 is 0 Å². The quantitative estimate of drug-likeness (QED) is 0.927. The van der Waals surface area contributed by atoms with Crippen molar-refractivity contribution >= 4 is 0 Å². The highest BCUT2D eigenvalue weighted by Crippen LogP contribution is 2.31. The molecule has 3 atom stereocenters. The van der Waals surface area contributed by atoms with Gasteiger partial charge in [0, 0.05) is 37.8 Å². The fourth-order valence-electron chi connectivity index (χ4n) is 4.31. The first-order valence-electron chi connectivity index (χ1n) is 8.36. The maximum atomic E-state index is 6.18. The summed E-state index contributed by atoms with van der Waals surface area (Å²) >= 11 is 0. The molecular formula is C18H29N3. The third-order valence-corrected chi connectivity index (χ3v) is 5.24. The summed E-state index contributed by atoms with van der Waals surface area (Å²) in [7, 11) is 0. The number of nitrogens with two attached hydrogens (primary N) is 1. The van der Waals surface area contributed by atoms with Crippen molar-refractivity contribution in [2.75, 3.05) is 26.2 Å². The molecule has 0 radical (unpaired) electrons. The summed E-state index contributed by atoms with van der Waals surface area (Å²) < 4.78 is 0. The summed E-state index contributed by atoms with van der Waals surface area (Å²) in [4.78, 5) is 5.33. The van der Waals surface area contributed by atoms with E-state index in [1.54, 1.807) is 0 Å². The third kappa shape index (κ3) is 3.01. The Kier molecular flexibility index (Phi) is 4.34. The minimum atomic E-state index is 0.362. The first kappa shape index (κ1) is 15.0. The van der Waals surface area contributed by atoms with E-state index in [0.717, 1.165) is 6.04 Å². The molecule has 1 aromatic carbocycles. The molecule has 21 heavy (non-hydrogen) atoms. The predicted molar refractivity (Wildman–Crippen MR) is 88.5 cm³/mol. The SMILES string of the molecule is Cc1cc(C)cc(C(CN)N2CC3CCCN3CC2C)c1. The van der Waals surface area contributed by atoms with Crippen LogP contribution in [-0.2, 0) is 0 Å². The van der Waals surface area contributed by atoms with Crippen molar-refractivity contribution < 1.29 is 0 Å². The van der Waals surface area contributed by atoms with E-state index >= 15 is 0 Å². The highest BCUT2D eigenvalue weighted by Gasteiger charge is 2.37. The van der Waals surface area contributed by atoms with Gasteiger partial charge >= 0.3 is 0 Å². The van der Waals surface area contributed by atoms with Gasteiger partial charge in [0.15, 0.2) is 0 Å². The third-order valence-electron chi connectivity index (χ3n) is 5.24. The van der Waals surface area contributed by atoms with Crippen molar-refractivity contribution in [3.63, 3.8) is 0 Å². The molecule has 0 aromatic heterocycles. The van der Waals surface area contributed by atoms with E-state index in [4.69, 9.17) is 5.73 Å². The number of hydrogen-bond acceptors (Lipinski definition) is 3. The van der Waals surface area contributed by atoms with Crippen LogP contribution in [0.2, 0.25) is 0 Å². The lowest BCUT2D eigenvalue weighted by molar-refractivity contribution is 0.0296. The van der Waals surface area contributed by atoms with Crippen molar-refractivity contribution in [3.8, 4) is 0 Å². The summed E-state index contributed by atoms with van der Waals surface area (Å²) in [5, 5.41) is 0. The van der Waals surface area contributed by atoms with Crippen LogP contribution in [0.25, 0.3) is 0 Å². The van der Waals surface area contributed by atoms with Crippen LogP contribution >= 0.6 is 0 Å². The Bertz CT molecular complexity index is 479. The average Bonchev–Trinajstić information content (AvgIpc) is 2.85. The molecular weight excluding hydrogens is 258 g/mol. The maximum absolute atomic E-state index is 6.18. The standard InChI is InChI=1S/C18H29N3/c1-13-7-14(2)9-16(8-13)18(10-19)21-12-17-5-4-6-20(17)11-15(21)3/h7-9,15,17-18H,4-6,10-12,19H2,1-3H3. The highest BCUT2D eigenvalue weighted by molar-refractivity contribution is 5.31. The fraction of sp³-hybridized carbons (Fsp3) is 0.667. The Labute approximate surface area is 129 Å². The minimum absolute atomic E-state index is 0.362. The Morgan fingerprint density at radius 2 is 1.90 bits per heavy atom. The topological polar surface area (TPSA) is 32.5 Å². The first-order chi connectivity index (χ1) is 10.1. The number of hydrogen-bond donors (Lipinski definition) is 1. The summed E-state index contributed by atoms with van der Waals surface area (Å²) in [5.41, 5.74) is 10.3. The summed E-state index contributed by atoms with van der Waals surface area (Å²) in [5.74, 6) is 0. The Morgan fingerprint density at radius 3 is 2.57 bits per heavy atom. The summed E-state index contributed by atoms with van der Waals surface area (Å²) in [6, 6.07) is 8.59. The number of benzene rings is 1. The van der Waals surface area contributed by atoms with Gasteiger partial charge in [-0.25, -0.2) is 0 Å². The van der Waals surface area contributed by atoms with Gasteiger partial charge in [0.25, 0.3) is 0 Å². The molecule has 2 N–H and O–H groups in total. The zero-order valence-corrected chi connectivity index (χ0v) is 13.7. The van der Waals surface area contributed by atoms with Gasteiger partial charge in [-0.15, -0.1) is 0 Å². The van der Waals surface area contributed by atoms with E-state index in [1.807, 2.05) is 0 Å². The van der Waals surface area contributed by atoms with Gasteiger partial charge in [-0.3, -0.25) is 9.80 Å². The molecule has 3 unspecified atom stereocenters. The number of piperazine rings is 1. The molecule has 3 heteroatoms. The van der Waals surface area contributed by atoms with Crippen LogP contribution in [0.5, 0.6) is 0 Å². The van der Waals surface area contributed by atoms with E-state index in [2.05, 4.69) is 48.8 Å².